The zero-order valence-electron chi connectivity index (χ0n) is 13.1. The zero-order chi connectivity index (χ0) is 18.0. The second kappa shape index (κ2) is 7.57. The van der Waals surface area contributed by atoms with Crippen LogP contribution in [0.4, 0.5) is 18.9 Å². The van der Waals surface area contributed by atoms with Crippen LogP contribution in [0.1, 0.15) is 21.5 Å². The Labute approximate surface area is 152 Å². The number of halogens is 4. The fourth-order valence-electron chi connectivity index (χ4n) is 2.50. The minimum Gasteiger partial charge on any atom is -0.478 e. The Hall–Kier alpha value is -2.87. The van der Waals surface area contributed by atoms with Crippen LogP contribution in [0.2, 0.25) is 0 Å². The molecule has 0 saturated heterocycles. The van der Waals surface area contributed by atoms with E-state index in [0.29, 0.717) is 0 Å². The molecule has 0 saturated carbocycles. The number of anilines is 1. The van der Waals surface area contributed by atoms with Gasteiger partial charge in [-0.3, -0.25) is 9.97 Å². The summed E-state index contributed by atoms with van der Waals surface area (Å²) < 4.78 is 39.5. The van der Waals surface area contributed by atoms with Crippen molar-refractivity contribution in [2.45, 2.75) is 12.7 Å². The maximum absolute atomic E-state index is 13.2. The van der Waals surface area contributed by atoms with Crippen LogP contribution in [0.3, 0.4) is 0 Å². The number of aromatic nitrogens is 2. The van der Waals surface area contributed by atoms with Crippen molar-refractivity contribution in [1.29, 1.82) is 0 Å². The minimum atomic E-state index is -4.59. The maximum atomic E-state index is 13.2. The smallest absolute Gasteiger partial charge is 0.418 e. The lowest BCUT2D eigenvalue weighted by atomic mass is 10.0. The summed E-state index contributed by atoms with van der Waals surface area (Å²) in [7, 11) is 0. The van der Waals surface area contributed by atoms with Crippen molar-refractivity contribution >= 4 is 35.0 Å². The van der Waals surface area contributed by atoms with E-state index in [0.717, 1.165) is 17.8 Å². The summed E-state index contributed by atoms with van der Waals surface area (Å²) in [5.74, 6) is -1.28. The van der Waals surface area contributed by atoms with Crippen molar-refractivity contribution in [3.63, 3.8) is 0 Å². The molecule has 2 heterocycles. The largest absolute Gasteiger partial charge is 0.478 e. The fourth-order valence-corrected chi connectivity index (χ4v) is 2.50. The summed E-state index contributed by atoms with van der Waals surface area (Å²) in [4.78, 5) is 19.1. The number of para-hydroxylation sites is 1. The van der Waals surface area contributed by atoms with Gasteiger partial charge in [0, 0.05) is 30.5 Å². The molecule has 0 unspecified atom stereocenters. The number of carbonyl (C=O) groups is 1. The van der Waals surface area contributed by atoms with E-state index in [-0.39, 0.29) is 41.1 Å². The molecule has 3 aromatic rings. The summed E-state index contributed by atoms with van der Waals surface area (Å²) in [6.45, 7) is 0.212. The lowest BCUT2D eigenvalue weighted by Crippen LogP contribution is -2.11. The van der Waals surface area contributed by atoms with Crippen LogP contribution < -0.4 is 5.32 Å². The Kier molecular flexibility index (Phi) is 5.66. The lowest BCUT2D eigenvalue weighted by molar-refractivity contribution is -0.136. The van der Waals surface area contributed by atoms with E-state index in [1.54, 1.807) is 24.5 Å². The van der Waals surface area contributed by atoms with Gasteiger partial charge in [-0.15, -0.1) is 12.4 Å². The molecule has 0 spiro atoms. The van der Waals surface area contributed by atoms with Gasteiger partial charge in [-0.2, -0.15) is 13.2 Å². The molecular weight excluding hydrogens is 371 g/mol. The molecule has 0 amide bonds. The number of nitrogens with zero attached hydrogens (tertiary/aromatic N) is 2. The van der Waals surface area contributed by atoms with Crippen LogP contribution in [-0.2, 0) is 12.7 Å². The number of hydrogen-bond donors (Lipinski definition) is 2. The molecule has 0 fully saturated rings. The van der Waals surface area contributed by atoms with Crippen molar-refractivity contribution in [3.8, 4) is 0 Å². The molecule has 0 aliphatic heterocycles. The molecule has 3 rings (SSSR count). The number of aromatic carboxylic acids is 1. The molecule has 5 nitrogen and oxygen atoms in total. The molecule has 0 atom stereocenters. The highest BCUT2D eigenvalue weighted by atomic mass is 35.5. The van der Waals surface area contributed by atoms with Crippen LogP contribution >= 0.6 is 12.4 Å². The van der Waals surface area contributed by atoms with Crippen molar-refractivity contribution in [2.24, 2.45) is 0 Å². The molecule has 0 aliphatic rings. The number of hydrogen-bond acceptors (Lipinski definition) is 4. The number of fused-ring (bicyclic) bond motifs is 1. The zero-order valence-corrected chi connectivity index (χ0v) is 13.9. The van der Waals surface area contributed by atoms with Gasteiger partial charge in [0.05, 0.1) is 16.8 Å². The van der Waals surface area contributed by atoms with Gasteiger partial charge in [0.2, 0.25) is 0 Å². The average Bonchev–Trinajstić information content (AvgIpc) is 2.58. The third-order valence-electron chi connectivity index (χ3n) is 3.63. The second-order valence-electron chi connectivity index (χ2n) is 5.27. The van der Waals surface area contributed by atoms with Crippen LogP contribution in [0, 0.1) is 0 Å². The molecule has 2 N–H and O–H groups in total. The van der Waals surface area contributed by atoms with Gasteiger partial charge >= 0.3 is 12.1 Å². The quantitative estimate of drug-likeness (QED) is 0.699. The monoisotopic (exact) mass is 383 g/mol. The highest BCUT2D eigenvalue weighted by Gasteiger charge is 2.33. The Morgan fingerprint density at radius 1 is 1.15 bits per heavy atom. The van der Waals surface area contributed by atoms with Crippen molar-refractivity contribution < 1.29 is 23.1 Å². The van der Waals surface area contributed by atoms with Crippen molar-refractivity contribution in [2.75, 3.05) is 5.32 Å². The van der Waals surface area contributed by atoms with Gasteiger partial charge in [-0.25, -0.2) is 4.79 Å². The molecule has 0 aliphatic carbocycles. The van der Waals surface area contributed by atoms with Gasteiger partial charge in [0.25, 0.3) is 0 Å². The lowest BCUT2D eigenvalue weighted by Gasteiger charge is -2.15. The second-order valence-corrected chi connectivity index (χ2v) is 5.27. The van der Waals surface area contributed by atoms with E-state index in [4.69, 9.17) is 0 Å². The summed E-state index contributed by atoms with van der Waals surface area (Å²) in [5, 5.41) is 12.3. The van der Waals surface area contributed by atoms with E-state index in [9.17, 15) is 23.1 Å². The molecule has 0 radical (unpaired) electrons. The van der Waals surface area contributed by atoms with Gasteiger partial charge in [0.15, 0.2) is 0 Å². The highest BCUT2D eigenvalue weighted by Crippen LogP contribution is 2.37. The Morgan fingerprint density at radius 3 is 2.54 bits per heavy atom. The Balaban J connectivity index is 0.00000243. The average molecular weight is 384 g/mol. The van der Waals surface area contributed by atoms with Crippen LogP contribution in [0.15, 0.2) is 48.9 Å². The third-order valence-corrected chi connectivity index (χ3v) is 3.63. The van der Waals surface area contributed by atoms with Crippen LogP contribution in [0.5, 0.6) is 0 Å². The van der Waals surface area contributed by atoms with E-state index >= 15 is 0 Å². The highest BCUT2D eigenvalue weighted by molar-refractivity contribution is 6.05. The number of benzene rings is 1. The summed E-state index contributed by atoms with van der Waals surface area (Å²) >= 11 is 0. The van der Waals surface area contributed by atoms with Gasteiger partial charge in [0.1, 0.15) is 5.56 Å². The maximum Gasteiger partial charge on any atom is 0.418 e. The predicted molar refractivity (Wildman–Crippen MR) is 92.5 cm³/mol. The normalized spacial score (nSPS) is 11.0. The Morgan fingerprint density at radius 2 is 1.92 bits per heavy atom. The summed E-state index contributed by atoms with van der Waals surface area (Å²) in [5.41, 5.74) is -0.556. The molecule has 1 aromatic carbocycles. The van der Waals surface area contributed by atoms with Crippen LogP contribution in [0.25, 0.3) is 10.9 Å². The summed E-state index contributed by atoms with van der Waals surface area (Å²) in [6, 6.07) is 7.04. The number of rotatable bonds is 4. The van der Waals surface area contributed by atoms with E-state index in [2.05, 4.69) is 15.3 Å². The molecule has 136 valence electrons. The minimum absolute atomic E-state index is 0. The van der Waals surface area contributed by atoms with Gasteiger partial charge in [-0.05, 0) is 17.7 Å². The first-order valence-electron chi connectivity index (χ1n) is 7.23. The first-order chi connectivity index (χ1) is 11.9. The number of carboxylic acid groups (broad SMARTS) is 1. The van der Waals surface area contributed by atoms with Crippen LogP contribution in [-0.4, -0.2) is 21.0 Å². The standard InChI is InChI=1S/C17H12F3N3O2.ClH/c18-17(19,20)13-5-1-4-11-14(12(16(24)25)9-23-15(11)13)22-8-10-3-2-6-21-7-10;/h1-7,9H,8H2,(H,22,23)(H,24,25);1H. The van der Waals surface area contributed by atoms with E-state index in [1.165, 1.54) is 12.1 Å². The molecule has 0 bridgehead atoms. The van der Waals surface area contributed by atoms with Crippen molar-refractivity contribution in [3.05, 3.63) is 65.6 Å². The van der Waals surface area contributed by atoms with Gasteiger partial charge < -0.3 is 10.4 Å². The number of nitrogens with one attached hydrogen (secondary N) is 1. The first kappa shape index (κ1) is 19.5. The first-order valence-corrected chi connectivity index (χ1v) is 7.23. The topological polar surface area (TPSA) is 75.1 Å². The summed E-state index contributed by atoms with van der Waals surface area (Å²) in [6.07, 6.45) is -0.481. The van der Waals surface area contributed by atoms with E-state index in [1.807, 2.05) is 0 Å². The number of carboxylic acids is 1. The van der Waals surface area contributed by atoms with Gasteiger partial charge in [-0.1, -0.05) is 18.2 Å². The molecule has 26 heavy (non-hydrogen) atoms. The fraction of sp³-hybridized carbons (Fsp3) is 0.118. The molecule has 9 heteroatoms. The molecule has 2 aromatic heterocycles. The van der Waals surface area contributed by atoms with Crippen molar-refractivity contribution in [1.82, 2.24) is 9.97 Å². The molecular formula is C17H13ClF3N3O2. The SMILES string of the molecule is Cl.O=C(O)c1cnc2c(C(F)(F)F)cccc2c1NCc1cccnc1. The van der Waals surface area contributed by atoms with E-state index < -0.39 is 17.7 Å². The predicted octanol–water partition coefficient (Wildman–Crippen LogP) is 4.38. The number of pyridine rings is 2. The Bertz CT molecular complexity index is 934. The number of alkyl halides is 3. The third kappa shape index (κ3) is 3.85.